The molecule has 4 nitrogen and oxygen atoms in total. The van der Waals surface area contributed by atoms with Crippen molar-refractivity contribution in [1.82, 2.24) is 10.2 Å². The quantitative estimate of drug-likeness (QED) is 0.617. The fourth-order valence-electron chi connectivity index (χ4n) is 2.71. The molecule has 0 aliphatic carbocycles. The van der Waals surface area contributed by atoms with Gasteiger partial charge in [0.05, 0.1) is 6.42 Å². The van der Waals surface area contributed by atoms with Crippen LogP contribution in [0.5, 0.6) is 0 Å². The number of halogens is 3. The fourth-order valence-corrected chi connectivity index (χ4v) is 3.35. The van der Waals surface area contributed by atoms with Crippen molar-refractivity contribution in [3.63, 3.8) is 0 Å². The molecule has 0 saturated carbocycles. The molecule has 0 aliphatic heterocycles. The minimum atomic E-state index is -0.668. The summed E-state index contributed by atoms with van der Waals surface area (Å²) in [6.07, 6.45) is 0.957. The number of benzene rings is 2. The summed E-state index contributed by atoms with van der Waals surface area (Å²) < 4.78 is 0. The van der Waals surface area contributed by atoms with Crippen LogP contribution >= 0.6 is 34.8 Å². The molecule has 0 radical (unpaired) electrons. The lowest BCUT2D eigenvalue weighted by molar-refractivity contribution is -0.140. The second-order valence-corrected chi connectivity index (χ2v) is 7.74. The topological polar surface area (TPSA) is 49.4 Å². The van der Waals surface area contributed by atoms with Crippen LogP contribution in [0.15, 0.2) is 42.5 Å². The van der Waals surface area contributed by atoms with Crippen LogP contribution in [0.25, 0.3) is 0 Å². The Morgan fingerprint density at radius 3 is 2.21 bits per heavy atom. The second-order valence-electron chi connectivity index (χ2n) is 6.49. The van der Waals surface area contributed by atoms with E-state index in [1.165, 1.54) is 4.90 Å². The lowest BCUT2D eigenvalue weighted by Gasteiger charge is -2.29. The molecule has 2 aromatic rings. The number of nitrogens with one attached hydrogen (secondary N) is 1. The van der Waals surface area contributed by atoms with Crippen molar-refractivity contribution >= 4 is 46.6 Å². The fraction of sp³-hybridized carbons (Fsp3) is 0.333. The molecule has 0 aliphatic rings. The van der Waals surface area contributed by atoms with E-state index in [-0.39, 0.29) is 24.8 Å². The molecule has 0 saturated heterocycles. The van der Waals surface area contributed by atoms with Crippen LogP contribution < -0.4 is 5.32 Å². The molecule has 2 amide bonds. The van der Waals surface area contributed by atoms with Gasteiger partial charge in [-0.1, -0.05) is 59.9 Å². The first-order valence-corrected chi connectivity index (χ1v) is 10.2. The lowest BCUT2D eigenvalue weighted by Crippen LogP contribution is -2.48. The Kier molecular flexibility index (Phi) is 8.61. The van der Waals surface area contributed by atoms with Gasteiger partial charge in [-0.25, -0.2) is 0 Å². The normalized spacial score (nSPS) is 11.8. The van der Waals surface area contributed by atoms with Crippen LogP contribution in [0.2, 0.25) is 15.1 Å². The Morgan fingerprint density at radius 1 is 1.04 bits per heavy atom. The van der Waals surface area contributed by atoms with Crippen molar-refractivity contribution in [1.29, 1.82) is 0 Å². The van der Waals surface area contributed by atoms with Gasteiger partial charge in [-0.2, -0.15) is 0 Å². The zero-order chi connectivity index (χ0) is 20.7. The van der Waals surface area contributed by atoms with E-state index in [1.54, 1.807) is 49.4 Å². The van der Waals surface area contributed by atoms with Gasteiger partial charge < -0.3 is 10.2 Å². The van der Waals surface area contributed by atoms with Crippen LogP contribution in [-0.4, -0.2) is 29.3 Å². The molecular formula is C21H23Cl3N2O2. The third-order valence-corrected chi connectivity index (χ3v) is 5.34. The second kappa shape index (κ2) is 10.7. The maximum Gasteiger partial charge on any atom is 0.242 e. The van der Waals surface area contributed by atoms with Crippen molar-refractivity contribution in [2.24, 2.45) is 0 Å². The zero-order valence-electron chi connectivity index (χ0n) is 15.8. The van der Waals surface area contributed by atoms with Crippen LogP contribution in [-0.2, 0) is 22.6 Å². The van der Waals surface area contributed by atoms with E-state index in [4.69, 9.17) is 34.8 Å². The predicted molar refractivity (Wildman–Crippen MR) is 115 cm³/mol. The summed E-state index contributed by atoms with van der Waals surface area (Å²) in [6.45, 7) is 4.37. The van der Waals surface area contributed by atoms with E-state index in [2.05, 4.69) is 5.32 Å². The maximum atomic E-state index is 13.1. The number of hydrogen-bond acceptors (Lipinski definition) is 2. The third-order valence-electron chi connectivity index (χ3n) is 4.38. The van der Waals surface area contributed by atoms with Gasteiger partial charge in [0.1, 0.15) is 6.04 Å². The highest BCUT2D eigenvalue weighted by Gasteiger charge is 2.27. The zero-order valence-corrected chi connectivity index (χ0v) is 18.1. The van der Waals surface area contributed by atoms with Crippen LogP contribution in [0.4, 0.5) is 0 Å². The first-order chi connectivity index (χ1) is 13.3. The molecular weight excluding hydrogens is 419 g/mol. The summed E-state index contributed by atoms with van der Waals surface area (Å²) in [7, 11) is 0. The summed E-state index contributed by atoms with van der Waals surface area (Å²) in [5.41, 5.74) is 1.43. The summed E-state index contributed by atoms with van der Waals surface area (Å²) in [5.74, 6) is -0.410. The van der Waals surface area contributed by atoms with Gasteiger partial charge in [0.2, 0.25) is 11.8 Å². The van der Waals surface area contributed by atoms with E-state index in [0.717, 1.165) is 12.0 Å². The third kappa shape index (κ3) is 6.13. The lowest BCUT2D eigenvalue weighted by atomic mass is 10.1. The molecule has 2 rings (SSSR count). The van der Waals surface area contributed by atoms with Crippen LogP contribution in [0.3, 0.4) is 0 Å². The Balaban J connectivity index is 2.27. The molecule has 0 aromatic heterocycles. The van der Waals surface area contributed by atoms with Crippen LogP contribution in [0.1, 0.15) is 31.4 Å². The molecule has 7 heteroatoms. The van der Waals surface area contributed by atoms with E-state index in [9.17, 15) is 9.59 Å². The van der Waals surface area contributed by atoms with Crippen molar-refractivity contribution in [2.45, 2.75) is 39.3 Å². The largest absolute Gasteiger partial charge is 0.354 e. The predicted octanol–water partition coefficient (Wildman–Crippen LogP) is 5.13. The number of carbonyl (C=O) groups excluding carboxylic acids is 2. The molecule has 2 aromatic carbocycles. The van der Waals surface area contributed by atoms with Gasteiger partial charge >= 0.3 is 0 Å². The van der Waals surface area contributed by atoms with Crippen molar-refractivity contribution in [2.75, 3.05) is 6.54 Å². The molecule has 0 fully saturated rings. The number of nitrogens with zero attached hydrogens (tertiary/aromatic N) is 1. The number of hydrogen-bond donors (Lipinski definition) is 1. The van der Waals surface area contributed by atoms with Crippen molar-refractivity contribution in [3.05, 3.63) is 68.7 Å². The van der Waals surface area contributed by atoms with Gasteiger partial charge in [-0.05, 0) is 43.2 Å². The Bertz CT molecular complexity index is 805. The van der Waals surface area contributed by atoms with Gasteiger partial charge in [-0.3, -0.25) is 9.59 Å². The standard InChI is InChI=1S/C21H23Cl3N2O2/c1-3-11-25-21(28)14(2)26(13-17-18(23)5-4-6-19(17)24)20(27)12-15-7-9-16(22)10-8-15/h4-10,14H,3,11-13H2,1-2H3,(H,25,28). The number of amides is 2. The maximum absolute atomic E-state index is 13.1. The Labute approximate surface area is 180 Å². The minimum Gasteiger partial charge on any atom is -0.354 e. The van der Waals surface area contributed by atoms with E-state index < -0.39 is 6.04 Å². The highest BCUT2D eigenvalue weighted by molar-refractivity contribution is 6.36. The van der Waals surface area contributed by atoms with Gasteiger partial charge in [-0.15, -0.1) is 0 Å². The first-order valence-electron chi connectivity index (χ1n) is 9.08. The average Bonchev–Trinajstić information content (AvgIpc) is 2.67. The van der Waals surface area contributed by atoms with E-state index in [1.807, 2.05) is 6.92 Å². The SMILES string of the molecule is CCCNC(=O)C(C)N(Cc1c(Cl)cccc1Cl)C(=O)Cc1ccc(Cl)cc1. The summed E-state index contributed by atoms with van der Waals surface area (Å²) in [5, 5.41) is 4.35. The van der Waals surface area contributed by atoms with Crippen LogP contribution in [0, 0.1) is 0 Å². The molecule has 150 valence electrons. The van der Waals surface area contributed by atoms with Gasteiger partial charge in [0, 0.05) is 33.7 Å². The molecule has 1 N–H and O–H groups in total. The average molecular weight is 442 g/mol. The Morgan fingerprint density at radius 2 is 1.64 bits per heavy atom. The smallest absolute Gasteiger partial charge is 0.242 e. The molecule has 1 atom stereocenters. The van der Waals surface area contributed by atoms with Gasteiger partial charge in [0.15, 0.2) is 0 Å². The summed E-state index contributed by atoms with van der Waals surface area (Å²) in [4.78, 5) is 27.1. The number of carbonyl (C=O) groups is 2. The first kappa shape index (κ1) is 22.5. The Hall–Kier alpha value is -1.75. The monoisotopic (exact) mass is 440 g/mol. The molecule has 0 spiro atoms. The van der Waals surface area contributed by atoms with E-state index in [0.29, 0.717) is 27.2 Å². The van der Waals surface area contributed by atoms with Gasteiger partial charge in [0.25, 0.3) is 0 Å². The van der Waals surface area contributed by atoms with Crippen molar-refractivity contribution in [3.8, 4) is 0 Å². The minimum absolute atomic E-state index is 0.143. The highest BCUT2D eigenvalue weighted by atomic mass is 35.5. The van der Waals surface area contributed by atoms with Crippen molar-refractivity contribution < 1.29 is 9.59 Å². The molecule has 0 bridgehead atoms. The summed E-state index contributed by atoms with van der Waals surface area (Å²) >= 11 is 18.5. The molecule has 0 heterocycles. The number of rotatable bonds is 8. The molecule has 28 heavy (non-hydrogen) atoms. The molecule has 1 unspecified atom stereocenters. The summed E-state index contributed by atoms with van der Waals surface area (Å²) in [6, 6.07) is 11.6. The highest BCUT2D eigenvalue weighted by Crippen LogP contribution is 2.27. The van der Waals surface area contributed by atoms with E-state index >= 15 is 0 Å².